The van der Waals surface area contributed by atoms with Crippen LogP contribution in [0.1, 0.15) is 53.2 Å². The maximum atomic E-state index is 15.0. The molecular weight excluding hydrogens is 481 g/mol. The number of nitrogens with zero attached hydrogens (tertiary/aromatic N) is 2. The Kier molecular flexibility index (Phi) is 5.16. The Morgan fingerprint density at radius 2 is 1.88 bits per heavy atom. The second kappa shape index (κ2) is 7.63. The molecule has 3 unspecified atom stereocenters. The summed E-state index contributed by atoms with van der Waals surface area (Å²) in [6, 6.07) is 2.57. The lowest BCUT2D eigenvalue weighted by Crippen LogP contribution is -2.53. The summed E-state index contributed by atoms with van der Waals surface area (Å²) in [4.78, 5) is 30.4. The molecule has 2 aliphatic carbocycles. The van der Waals surface area contributed by atoms with Crippen molar-refractivity contribution in [2.24, 2.45) is 17.6 Å². The van der Waals surface area contributed by atoms with E-state index in [1.807, 2.05) is 0 Å². The lowest BCUT2D eigenvalue weighted by molar-refractivity contribution is -0.141. The number of hydrogen-bond acceptors (Lipinski definition) is 3. The fourth-order valence-electron chi connectivity index (χ4n) is 5.68. The molecule has 2 amide bonds. The third-order valence-corrected chi connectivity index (χ3v) is 7.53. The largest absolute Gasteiger partial charge is 0.433 e. The number of alkyl halides is 3. The van der Waals surface area contributed by atoms with Gasteiger partial charge in [0.2, 0.25) is 5.91 Å². The highest BCUT2D eigenvalue weighted by Gasteiger charge is 2.73. The van der Waals surface area contributed by atoms with Crippen molar-refractivity contribution in [2.75, 3.05) is 0 Å². The van der Waals surface area contributed by atoms with Crippen LogP contribution < -0.4 is 5.73 Å². The van der Waals surface area contributed by atoms with Crippen LogP contribution in [-0.2, 0) is 11.0 Å². The van der Waals surface area contributed by atoms with Crippen molar-refractivity contribution in [3.05, 3.63) is 63.9 Å². The zero-order chi connectivity index (χ0) is 24.6. The van der Waals surface area contributed by atoms with E-state index in [0.29, 0.717) is 25.3 Å². The van der Waals surface area contributed by atoms with E-state index in [1.54, 1.807) is 0 Å². The summed E-state index contributed by atoms with van der Waals surface area (Å²) in [6.07, 6.45) is -1.87. The van der Waals surface area contributed by atoms with E-state index in [0.717, 1.165) is 24.4 Å². The smallest absolute Gasteiger partial charge is 0.368 e. The molecule has 5 rings (SSSR count). The van der Waals surface area contributed by atoms with Crippen LogP contribution in [0.2, 0.25) is 5.02 Å². The number of hydrogen-bond donors (Lipinski definition) is 1. The molecule has 3 aliphatic rings. The monoisotopic (exact) mass is 499 g/mol. The summed E-state index contributed by atoms with van der Waals surface area (Å²) in [7, 11) is 0. The standard InChI is InChI=1S/C23H19ClF5N3O2/c24-14-8-15(25)13(7-16(14)26)19(10-1-2-10)22-9-12(22)6-17(20(30)33)32(22)21(34)11-3-4-31-18(5-11)23(27,28)29/h3-5,7-8,10,12,17,19H,1-2,6,9H2,(H2,30,33)/t12?,17?,19-,22?/m1/s1. The van der Waals surface area contributed by atoms with Crippen LogP contribution in [0.5, 0.6) is 0 Å². The number of likely N-dealkylation sites (tertiary alicyclic amines) is 1. The minimum absolute atomic E-state index is 0.0422. The van der Waals surface area contributed by atoms with Gasteiger partial charge in [0, 0.05) is 17.7 Å². The number of aromatic nitrogens is 1. The molecule has 0 bridgehead atoms. The van der Waals surface area contributed by atoms with Gasteiger partial charge in [0.25, 0.3) is 5.91 Å². The second-order valence-electron chi connectivity index (χ2n) is 9.25. The first kappa shape index (κ1) is 23.0. The first-order chi connectivity index (χ1) is 15.9. The van der Waals surface area contributed by atoms with Crippen LogP contribution >= 0.6 is 11.6 Å². The molecular formula is C23H19ClF5N3O2. The Bertz CT molecular complexity index is 1200. The van der Waals surface area contributed by atoms with Gasteiger partial charge in [-0.1, -0.05) is 11.6 Å². The number of primary amides is 1. The van der Waals surface area contributed by atoms with Crippen molar-refractivity contribution in [1.82, 2.24) is 9.88 Å². The Morgan fingerprint density at radius 1 is 1.18 bits per heavy atom. The van der Waals surface area contributed by atoms with Gasteiger partial charge in [-0.15, -0.1) is 0 Å². The summed E-state index contributed by atoms with van der Waals surface area (Å²) >= 11 is 5.73. The van der Waals surface area contributed by atoms with Crippen LogP contribution in [0.15, 0.2) is 30.5 Å². The Labute approximate surface area is 196 Å². The van der Waals surface area contributed by atoms with Gasteiger partial charge in [-0.3, -0.25) is 14.6 Å². The fraction of sp³-hybridized carbons (Fsp3) is 0.435. The number of benzene rings is 1. The van der Waals surface area contributed by atoms with Gasteiger partial charge in [0.1, 0.15) is 23.4 Å². The normalized spacial score (nSPS) is 26.8. The van der Waals surface area contributed by atoms with Crippen LogP contribution in [-0.4, -0.2) is 33.3 Å². The molecule has 1 saturated heterocycles. The molecule has 2 heterocycles. The number of nitrogens with two attached hydrogens (primary N) is 1. The molecule has 3 fully saturated rings. The molecule has 1 aromatic heterocycles. The van der Waals surface area contributed by atoms with Crippen LogP contribution in [0, 0.1) is 23.5 Å². The molecule has 0 spiro atoms. The number of carbonyl (C=O) groups is 2. The summed E-state index contributed by atoms with van der Waals surface area (Å²) in [5.74, 6) is -4.13. The van der Waals surface area contributed by atoms with E-state index >= 15 is 4.39 Å². The number of piperidine rings is 1. The minimum atomic E-state index is -4.77. The van der Waals surface area contributed by atoms with Crippen molar-refractivity contribution in [3.63, 3.8) is 0 Å². The Balaban J connectivity index is 1.61. The first-order valence-electron chi connectivity index (χ1n) is 10.8. The molecule has 11 heteroatoms. The van der Waals surface area contributed by atoms with E-state index in [9.17, 15) is 27.2 Å². The Morgan fingerprint density at radius 3 is 2.50 bits per heavy atom. The van der Waals surface area contributed by atoms with Crippen LogP contribution in [0.3, 0.4) is 0 Å². The van der Waals surface area contributed by atoms with Crippen LogP contribution in [0.25, 0.3) is 0 Å². The van der Waals surface area contributed by atoms with Crippen molar-refractivity contribution in [1.29, 1.82) is 0 Å². The third-order valence-electron chi connectivity index (χ3n) is 7.24. The van der Waals surface area contributed by atoms with E-state index < -0.39 is 52.8 Å². The molecule has 0 radical (unpaired) electrons. The van der Waals surface area contributed by atoms with E-state index in [1.165, 1.54) is 4.90 Å². The van der Waals surface area contributed by atoms with Gasteiger partial charge in [-0.2, -0.15) is 13.2 Å². The summed E-state index contributed by atoms with van der Waals surface area (Å²) in [6.45, 7) is 0. The number of rotatable bonds is 5. The number of pyridine rings is 1. The molecule has 1 aromatic carbocycles. The van der Waals surface area contributed by atoms with Gasteiger partial charge in [0.05, 0.1) is 10.6 Å². The summed E-state index contributed by atoms with van der Waals surface area (Å²) in [5.41, 5.74) is 3.00. The highest BCUT2D eigenvalue weighted by atomic mass is 35.5. The molecule has 34 heavy (non-hydrogen) atoms. The maximum absolute atomic E-state index is 15.0. The average molecular weight is 500 g/mol. The topological polar surface area (TPSA) is 76.3 Å². The second-order valence-corrected chi connectivity index (χ2v) is 9.66. The summed E-state index contributed by atoms with van der Waals surface area (Å²) < 4.78 is 69.0. The predicted molar refractivity (Wildman–Crippen MR) is 111 cm³/mol. The lowest BCUT2D eigenvalue weighted by atomic mass is 9.82. The number of fused-ring (bicyclic) bond motifs is 1. The van der Waals surface area contributed by atoms with Crippen LogP contribution in [0.4, 0.5) is 22.0 Å². The molecule has 5 nitrogen and oxygen atoms in total. The van der Waals surface area contributed by atoms with E-state index in [4.69, 9.17) is 17.3 Å². The maximum Gasteiger partial charge on any atom is 0.433 e. The lowest BCUT2D eigenvalue weighted by Gasteiger charge is -2.39. The molecule has 2 N–H and O–H groups in total. The molecule has 4 atom stereocenters. The minimum Gasteiger partial charge on any atom is -0.368 e. The quantitative estimate of drug-likeness (QED) is 0.479. The zero-order valence-corrected chi connectivity index (χ0v) is 18.3. The van der Waals surface area contributed by atoms with Crippen molar-refractivity contribution in [3.8, 4) is 0 Å². The molecule has 1 aliphatic heterocycles. The van der Waals surface area contributed by atoms with Crippen molar-refractivity contribution >= 4 is 23.4 Å². The van der Waals surface area contributed by atoms with Crippen molar-refractivity contribution < 1.29 is 31.5 Å². The van der Waals surface area contributed by atoms with Crippen molar-refractivity contribution in [2.45, 2.75) is 49.4 Å². The fourth-order valence-corrected chi connectivity index (χ4v) is 5.83. The highest BCUT2D eigenvalue weighted by Crippen LogP contribution is 2.69. The van der Waals surface area contributed by atoms with E-state index in [-0.39, 0.29) is 34.4 Å². The average Bonchev–Trinajstić information content (AvgIpc) is 3.69. The number of amides is 2. The Hall–Kier alpha value is -2.75. The number of carbonyl (C=O) groups excluding carboxylic acids is 2. The number of halogens is 6. The van der Waals surface area contributed by atoms with Gasteiger partial charge >= 0.3 is 6.18 Å². The van der Waals surface area contributed by atoms with Gasteiger partial charge in [-0.05, 0) is 67.3 Å². The van der Waals surface area contributed by atoms with Gasteiger partial charge in [0.15, 0.2) is 0 Å². The van der Waals surface area contributed by atoms with E-state index in [2.05, 4.69) is 4.98 Å². The molecule has 2 aromatic rings. The van der Waals surface area contributed by atoms with Gasteiger partial charge in [-0.25, -0.2) is 8.78 Å². The molecule has 180 valence electrons. The SMILES string of the molecule is NC(=O)C1CC2CC2([C@@H](c2cc(F)c(Cl)cc2F)C2CC2)N1C(=O)c1ccnc(C(F)(F)F)c1. The van der Waals surface area contributed by atoms with Gasteiger partial charge < -0.3 is 10.6 Å². The third kappa shape index (κ3) is 3.54. The zero-order valence-electron chi connectivity index (χ0n) is 17.6. The molecule has 2 saturated carbocycles. The summed E-state index contributed by atoms with van der Waals surface area (Å²) in [5, 5.41) is -0.383. The predicted octanol–water partition coefficient (Wildman–Crippen LogP) is 4.68. The first-order valence-corrected chi connectivity index (χ1v) is 11.1. The highest BCUT2D eigenvalue weighted by molar-refractivity contribution is 6.30.